The van der Waals surface area contributed by atoms with Gasteiger partial charge in [-0.05, 0) is 25.7 Å². The van der Waals surface area contributed by atoms with E-state index in [4.69, 9.17) is 11.6 Å². The van der Waals surface area contributed by atoms with Crippen molar-refractivity contribution >= 4 is 17.4 Å². The quantitative estimate of drug-likeness (QED) is 0.758. The van der Waals surface area contributed by atoms with Crippen molar-refractivity contribution in [3.8, 4) is 0 Å². The molecule has 0 spiro atoms. The zero-order chi connectivity index (χ0) is 12.4. The fourth-order valence-electron chi connectivity index (χ4n) is 2.50. The van der Waals surface area contributed by atoms with E-state index in [2.05, 4.69) is 35.6 Å². The minimum Gasteiger partial charge on any atom is -0.354 e. The lowest BCUT2D eigenvalue weighted by Crippen LogP contribution is -2.40. The monoisotopic (exact) mass is 253 g/mol. The molecule has 0 bridgehead atoms. The van der Waals surface area contributed by atoms with Crippen LogP contribution in [0.2, 0.25) is 5.15 Å². The molecule has 0 N–H and O–H groups in total. The number of halogens is 1. The highest BCUT2D eigenvalue weighted by atomic mass is 35.5. The van der Waals surface area contributed by atoms with Gasteiger partial charge in [0.05, 0.1) is 0 Å². The van der Waals surface area contributed by atoms with E-state index in [1.165, 1.54) is 12.8 Å². The maximum atomic E-state index is 6.05. The lowest BCUT2D eigenvalue weighted by molar-refractivity contribution is 0.375. The summed E-state index contributed by atoms with van der Waals surface area (Å²) in [4.78, 5) is 11.2. The number of nitrogens with zero attached hydrogens (tertiary/aromatic N) is 3. The van der Waals surface area contributed by atoms with Crippen molar-refractivity contribution in [1.29, 1.82) is 0 Å². The summed E-state index contributed by atoms with van der Waals surface area (Å²) in [6, 6.07) is 2.42. The maximum absolute atomic E-state index is 6.05. The van der Waals surface area contributed by atoms with Gasteiger partial charge < -0.3 is 4.90 Å². The fraction of sp³-hybridized carbons (Fsp3) is 0.692. The van der Waals surface area contributed by atoms with Crippen molar-refractivity contribution in [2.45, 2.75) is 46.1 Å². The first-order chi connectivity index (χ1) is 8.10. The first-order valence-electron chi connectivity index (χ1n) is 6.40. The third-order valence-corrected chi connectivity index (χ3v) is 3.67. The Labute approximate surface area is 108 Å². The summed E-state index contributed by atoms with van der Waals surface area (Å²) in [5.41, 5.74) is 0. The normalized spacial score (nSPS) is 25.1. The van der Waals surface area contributed by atoms with Gasteiger partial charge in [0.25, 0.3) is 0 Å². The Morgan fingerprint density at radius 2 is 2.18 bits per heavy atom. The zero-order valence-electron chi connectivity index (χ0n) is 10.8. The van der Waals surface area contributed by atoms with E-state index < -0.39 is 0 Å². The molecule has 0 aliphatic carbocycles. The van der Waals surface area contributed by atoms with Crippen LogP contribution >= 0.6 is 11.6 Å². The number of anilines is 1. The van der Waals surface area contributed by atoms with Gasteiger partial charge in [0, 0.05) is 25.1 Å². The molecule has 2 rings (SSSR count). The Morgan fingerprint density at radius 3 is 2.82 bits per heavy atom. The Morgan fingerprint density at radius 1 is 1.41 bits per heavy atom. The highest BCUT2D eigenvalue weighted by Gasteiger charge is 2.24. The summed E-state index contributed by atoms with van der Waals surface area (Å²) < 4.78 is 0. The van der Waals surface area contributed by atoms with E-state index in [9.17, 15) is 0 Å². The van der Waals surface area contributed by atoms with Crippen LogP contribution in [-0.4, -0.2) is 22.6 Å². The van der Waals surface area contributed by atoms with Crippen LogP contribution in [0.3, 0.4) is 0 Å². The minimum absolute atomic E-state index is 0.537. The number of rotatable bonds is 2. The standard InChI is InChI=1S/C13H20ClN3/c1-4-12-15-11(14)8-13(16-12)17-6-5-9(2)7-10(17)3/h8-10H,4-7H2,1-3H3. The molecule has 1 aromatic heterocycles. The summed E-state index contributed by atoms with van der Waals surface area (Å²) in [7, 11) is 0. The molecule has 1 aliphatic heterocycles. The Balaban J connectivity index is 2.24. The van der Waals surface area contributed by atoms with Gasteiger partial charge in [-0.15, -0.1) is 0 Å². The third kappa shape index (κ3) is 2.89. The second kappa shape index (κ2) is 5.21. The van der Waals surface area contributed by atoms with E-state index >= 15 is 0 Å². The second-order valence-electron chi connectivity index (χ2n) is 4.99. The van der Waals surface area contributed by atoms with E-state index in [1.807, 2.05) is 6.07 Å². The molecule has 0 saturated carbocycles. The van der Waals surface area contributed by atoms with Gasteiger partial charge in [-0.25, -0.2) is 9.97 Å². The SMILES string of the molecule is CCc1nc(Cl)cc(N2CCC(C)CC2C)n1. The smallest absolute Gasteiger partial charge is 0.134 e. The molecule has 94 valence electrons. The molecule has 0 amide bonds. The number of hydrogen-bond acceptors (Lipinski definition) is 3. The van der Waals surface area contributed by atoms with Crippen LogP contribution in [0.15, 0.2) is 6.07 Å². The van der Waals surface area contributed by atoms with Crippen LogP contribution in [0.4, 0.5) is 5.82 Å². The Bertz CT molecular complexity index is 394. The van der Waals surface area contributed by atoms with Crippen molar-refractivity contribution in [3.63, 3.8) is 0 Å². The average molecular weight is 254 g/mol. The zero-order valence-corrected chi connectivity index (χ0v) is 11.5. The molecular formula is C13H20ClN3. The second-order valence-corrected chi connectivity index (χ2v) is 5.38. The molecule has 1 aromatic rings. The number of aryl methyl sites for hydroxylation is 1. The Hall–Kier alpha value is -0.830. The van der Waals surface area contributed by atoms with Crippen molar-refractivity contribution in [2.75, 3.05) is 11.4 Å². The van der Waals surface area contributed by atoms with E-state index in [0.29, 0.717) is 11.2 Å². The molecule has 1 fully saturated rings. The maximum Gasteiger partial charge on any atom is 0.134 e. The number of hydrogen-bond donors (Lipinski definition) is 0. The molecule has 2 unspecified atom stereocenters. The molecule has 17 heavy (non-hydrogen) atoms. The summed E-state index contributed by atoms with van der Waals surface area (Å²) in [6.07, 6.45) is 3.28. The number of piperidine rings is 1. The van der Waals surface area contributed by atoms with Gasteiger partial charge in [-0.3, -0.25) is 0 Å². The first kappa shape index (κ1) is 12.6. The molecular weight excluding hydrogens is 234 g/mol. The van der Waals surface area contributed by atoms with Crippen LogP contribution in [0.5, 0.6) is 0 Å². The highest BCUT2D eigenvalue weighted by Crippen LogP contribution is 2.27. The molecule has 4 heteroatoms. The lowest BCUT2D eigenvalue weighted by atomic mass is 9.93. The van der Waals surface area contributed by atoms with Gasteiger partial charge in [-0.1, -0.05) is 25.4 Å². The fourth-order valence-corrected chi connectivity index (χ4v) is 2.70. The van der Waals surface area contributed by atoms with Crippen LogP contribution in [-0.2, 0) is 6.42 Å². The minimum atomic E-state index is 0.537. The first-order valence-corrected chi connectivity index (χ1v) is 6.78. The predicted molar refractivity (Wildman–Crippen MR) is 71.6 cm³/mol. The molecule has 3 nitrogen and oxygen atoms in total. The largest absolute Gasteiger partial charge is 0.354 e. The van der Waals surface area contributed by atoms with Gasteiger partial charge in [0.1, 0.15) is 16.8 Å². The Kier molecular flexibility index (Phi) is 3.87. The lowest BCUT2D eigenvalue weighted by Gasteiger charge is -2.37. The van der Waals surface area contributed by atoms with Crippen molar-refractivity contribution < 1.29 is 0 Å². The molecule has 0 radical (unpaired) electrons. The molecule has 2 atom stereocenters. The summed E-state index contributed by atoms with van der Waals surface area (Å²) in [5.74, 6) is 2.63. The summed E-state index contributed by atoms with van der Waals surface area (Å²) in [5, 5.41) is 0.553. The van der Waals surface area contributed by atoms with E-state index in [-0.39, 0.29) is 0 Å². The highest BCUT2D eigenvalue weighted by molar-refractivity contribution is 6.29. The van der Waals surface area contributed by atoms with E-state index in [0.717, 1.165) is 30.5 Å². The van der Waals surface area contributed by atoms with Crippen LogP contribution in [0, 0.1) is 5.92 Å². The third-order valence-electron chi connectivity index (χ3n) is 3.48. The number of aromatic nitrogens is 2. The van der Waals surface area contributed by atoms with Gasteiger partial charge in [0.15, 0.2) is 0 Å². The van der Waals surface area contributed by atoms with Gasteiger partial charge >= 0.3 is 0 Å². The summed E-state index contributed by atoms with van der Waals surface area (Å²) in [6.45, 7) is 7.70. The summed E-state index contributed by atoms with van der Waals surface area (Å²) >= 11 is 6.05. The van der Waals surface area contributed by atoms with Crippen LogP contribution < -0.4 is 4.90 Å². The van der Waals surface area contributed by atoms with Crippen molar-refractivity contribution in [3.05, 3.63) is 17.0 Å². The predicted octanol–water partition coefficient (Wildman–Crippen LogP) is 3.32. The molecule has 0 aromatic carbocycles. The van der Waals surface area contributed by atoms with Gasteiger partial charge in [0.2, 0.25) is 0 Å². The molecule has 1 saturated heterocycles. The van der Waals surface area contributed by atoms with Crippen molar-refractivity contribution in [1.82, 2.24) is 9.97 Å². The van der Waals surface area contributed by atoms with Crippen LogP contribution in [0.1, 0.15) is 39.4 Å². The molecule has 2 heterocycles. The van der Waals surface area contributed by atoms with Gasteiger partial charge in [-0.2, -0.15) is 0 Å². The van der Waals surface area contributed by atoms with Crippen molar-refractivity contribution in [2.24, 2.45) is 5.92 Å². The van der Waals surface area contributed by atoms with Crippen LogP contribution in [0.25, 0.3) is 0 Å². The molecule has 1 aliphatic rings. The topological polar surface area (TPSA) is 29.0 Å². The average Bonchev–Trinajstić information content (AvgIpc) is 2.28. The van der Waals surface area contributed by atoms with E-state index in [1.54, 1.807) is 0 Å².